The van der Waals surface area contributed by atoms with Crippen LogP contribution < -0.4 is 4.90 Å². The molecule has 1 amide bonds. The van der Waals surface area contributed by atoms with Gasteiger partial charge < -0.3 is 14.8 Å². The number of carbonyl (C=O) groups is 1. The second-order valence-corrected chi connectivity index (χ2v) is 8.40. The summed E-state index contributed by atoms with van der Waals surface area (Å²) < 4.78 is 0. The fraction of sp³-hybridized carbons (Fsp3) is 0.381. The largest absolute Gasteiger partial charge is 0.369 e. The third kappa shape index (κ3) is 3.36. The van der Waals surface area contributed by atoms with Gasteiger partial charge in [-0.3, -0.25) is 4.79 Å². The molecule has 0 saturated carbocycles. The first kappa shape index (κ1) is 18.5. The van der Waals surface area contributed by atoms with Gasteiger partial charge in [-0.1, -0.05) is 6.92 Å². The van der Waals surface area contributed by atoms with Crippen LogP contribution in [0, 0.1) is 17.2 Å². The summed E-state index contributed by atoms with van der Waals surface area (Å²) in [4.78, 5) is 25.5. The molecule has 0 spiro atoms. The Morgan fingerprint density at radius 3 is 3.14 bits per heavy atom. The predicted octanol–water partition coefficient (Wildman–Crippen LogP) is 3.41. The summed E-state index contributed by atoms with van der Waals surface area (Å²) in [7, 11) is 2.10. The molecule has 0 aromatic carbocycles. The molecule has 2 atom stereocenters. The van der Waals surface area contributed by atoms with Gasteiger partial charge in [0.05, 0.1) is 12.0 Å². The number of aromatic nitrogens is 2. The molecule has 1 aliphatic rings. The second-order valence-electron chi connectivity index (χ2n) is 7.40. The molecule has 0 bridgehead atoms. The van der Waals surface area contributed by atoms with E-state index in [0.717, 1.165) is 34.6 Å². The van der Waals surface area contributed by atoms with Gasteiger partial charge in [-0.05, 0) is 35.9 Å². The quantitative estimate of drug-likeness (QED) is 0.737. The van der Waals surface area contributed by atoms with E-state index in [1.165, 1.54) is 11.3 Å². The first-order chi connectivity index (χ1) is 13.6. The van der Waals surface area contributed by atoms with Crippen LogP contribution in [0.15, 0.2) is 36.0 Å². The van der Waals surface area contributed by atoms with E-state index in [0.29, 0.717) is 24.4 Å². The van der Waals surface area contributed by atoms with Crippen molar-refractivity contribution in [2.24, 2.45) is 5.92 Å². The lowest BCUT2D eigenvalue weighted by atomic mass is 9.91. The van der Waals surface area contributed by atoms with E-state index in [-0.39, 0.29) is 11.9 Å². The molecule has 4 rings (SSSR count). The maximum Gasteiger partial charge on any atom is 0.227 e. The molecule has 1 unspecified atom stereocenters. The van der Waals surface area contributed by atoms with E-state index in [2.05, 4.69) is 34.9 Å². The third-order valence-electron chi connectivity index (χ3n) is 5.76. The van der Waals surface area contributed by atoms with Crippen LogP contribution in [0.4, 0.5) is 5.69 Å². The topological polar surface area (TPSA) is 76.0 Å². The molecule has 0 aliphatic carbocycles. The average molecular weight is 394 g/mol. The Hall–Kier alpha value is -2.85. The molecule has 6 nitrogen and oxygen atoms in total. The Kier molecular flexibility index (Phi) is 5.05. The number of nitriles is 1. The van der Waals surface area contributed by atoms with Gasteiger partial charge in [-0.2, -0.15) is 5.26 Å². The van der Waals surface area contributed by atoms with Crippen LogP contribution in [0.25, 0.3) is 11.0 Å². The number of hydrogen-bond donors (Lipinski definition) is 1. The van der Waals surface area contributed by atoms with Crippen LogP contribution in [-0.2, 0) is 11.2 Å². The van der Waals surface area contributed by atoms with Crippen molar-refractivity contribution in [1.82, 2.24) is 14.9 Å². The highest BCUT2D eigenvalue weighted by Gasteiger charge is 2.32. The zero-order valence-corrected chi connectivity index (χ0v) is 16.9. The van der Waals surface area contributed by atoms with Gasteiger partial charge in [0.2, 0.25) is 5.91 Å². The van der Waals surface area contributed by atoms with Crippen molar-refractivity contribution in [3.8, 4) is 6.07 Å². The van der Waals surface area contributed by atoms with E-state index in [9.17, 15) is 10.1 Å². The summed E-state index contributed by atoms with van der Waals surface area (Å²) in [5, 5.41) is 12.2. The van der Waals surface area contributed by atoms with E-state index in [4.69, 9.17) is 0 Å². The number of H-pyrrole nitrogens is 1. The molecule has 28 heavy (non-hydrogen) atoms. The molecule has 3 aromatic heterocycles. The van der Waals surface area contributed by atoms with Crippen molar-refractivity contribution in [3.63, 3.8) is 0 Å². The van der Waals surface area contributed by atoms with Crippen LogP contribution in [-0.4, -0.2) is 47.0 Å². The smallest absolute Gasteiger partial charge is 0.227 e. The molecule has 1 fully saturated rings. The highest BCUT2D eigenvalue weighted by molar-refractivity contribution is 7.10. The highest BCUT2D eigenvalue weighted by Crippen LogP contribution is 2.30. The summed E-state index contributed by atoms with van der Waals surface area (Å²) in [5.41, 5.74) is 2.62. The predicted molar refractivity (Wildman–Crippen MR) is 111 cm³/mol. The zero-order valence-electron chi connectivity index (χ0n) is 16.1. The third-order valence-corrected chi connectivity index (χ3v) is 6.68. The van der Waals surface area contributed by atoms with Crippen LogP contribution in [0.3, 0.4) is 0 Å². The summed E-state index contributed by atoms with van der Waals surface area (Å²) >= 11 is 1.48. The fourth-order valence-corrected chi connectivity index (χ4v) is 4.85. The SMILES string of the molecule is C[C@@H]1CCN(C(=O)Cc2sccc2C#N)CC1N(C)c1ccnc2[nH]ccc12. The van der Waals surface area contributed by atoms with Crippen molar-refractivity contribution in [1.29, 1.82) is 5.26 Å². The number of aromatic amines is 1. The minimum atomic E-state index is 0.103. The fourth-order valence-electron chi connectivity index (χ4n) is 4.04. The lowest BCUT2D eigenvalue weighted by molar-refractivity contribution is -0.132. The molecule has 4 heterocycles. The first-order valence-corrected chi connectivity index (χ1v) is 10.4. The highest BCUT2D eigenvalue weighted by atomic mass is 32.1. The molecule has 0 radical (unpaired) electrons. The zero-order chi connectivity index (χ0) is 19.7. The van der Waals surface area contributed by atoms with Crippen LogP contribution in [0.2, 0.25) is 0 Å². The summed E-state index contributed by atoms with van der Waals surface area (Å²) in [6, 6.07) is 8.28. The van der Waals surface area contributed by atoms with Crippen LogP contribution in [0.5, 0.6) is 0 Å². The van der Waals surface area contributed by atoms with Crippen LogP contribution >= 0.6 is 11.3 Å². The van der Waals surface area contributed by atoms with Gasteiger partial charge in [-0.15, -0.1) is 11.3 Å². The van der Waals surface area contributed by atoms with Crippen molar-refractivity contribution < 1.29 is 4.79 Å². The number of hydrogen-bond acceptors (Lipinski definition) is 5. The van der Waals surface area contributed by atoms with Crippen molar-refractivity contribution in [3.05, 3.63) is 46.4 Å². The molecular formula is C21H23N5OS. The van der Waals surface area contributed by atoms with E-state index >= 15 is 0 Å². The number of likely N-dealkylation sites (N-methyl/N-ethyl adjacent to an activating group) is 1. The number of piperidine rings is 1. The number of amides is 1. The molecular weight excluding hydrogens is 370 g/mol. The van der Waals surface area contributed by atoms with Gasteiger partial charge in [0.25, 0.3) is 0 Å². The molecule has 1 aliphatic heterocycles. The molecule has 144 valence electrons. The standard InChI is InChI=1S/C21H23N5OS/c1-14-5-9-26(20(27)11-19-15(12-22)6-10-28-19)13-18(14)25(2)17-4-8-24-21-16(17)3-7-23-21/h3-4,6-8,10,14,18H,5,9,11,13H2,1-2H3,(H,23,24)/t14-,18?/m1/s1. The average Bonchev–Trinajstić information content (AvgIpc) is 3.36. The molecule has 3 aromatic rings. The molecule has 7 heteroatoms. The van der Waals surface area contributed by atoms with Gasteiger partial charge in [-0.25, -0.2) is 4.98 Å². The van der Waals surface area contributed by atoms with Gasteiger partial charge in [0.1, 0.15) is 11.7 Å². The minimum Gasteiger partial charge on any atom is -0.369 e. The number of thiophene rings is 1. The summed E-state index contributed by atoms with van der Waals surface area (Å²) in [5.74, 6) is 0.582. The Bertz CT molecular complexity index is 1030. The normalized spacial score (nSPS) is 19.5. The van der Waals surface area contributed by atoms with Gasteiger partial charge in [0, 0.05) is 54.5 Å². The van der Waals surface area contributed by atoms with Crippen molar-refractivity contribution in [2.45, 2.75) is 25.8 Å². The monoisotopic (exact) mass is 393 g/mol. The lowest BCUT2D eigenvalue weighted by Gasteiger charge is -2.42. The van der Waals surface area contributed by atoms with Crippen molar-refractivity contribution in [2.75, 3.05) is 25.0 Å². The van der Waals surface area contributed by atoms with Crippen LogP contribution in [0.1, 0.15) is 23.8 Å². The molecule has 1 saturated heterocycles. The Labute approximate surface area is 168 Å². The Balaban J connectivity index is 1.52. The second kappa shape index (κ2) is 7.64. The van der Waals surface area contributed by atoms with Crippen molar-refractivity contribution >= 4 is 34.0 Å². The maximum atomic E-state index is 12.9. The number of likely N-dealkylation sites (tertiary alicyclic amines) is 1. The minimum absolute atomic E-state index is 0.103. The van der Waals surface area contributed by atoms with E-state index in [1.807, 2.05) is 34.8 Å². The number of anilines is 1. The lowest BCUT2D eigenvalue weighted by Crippen LogP contribution is -2.53. The first-order valence-electron chi connectivity index (χ1n) is 9.47. The number of carbonyl (C=O) groups excluding carboxylic acids is 1. The summed E-state index contributed by atoms with van der Waals surface area (Å²) in [6.45, 7) is 3.72. The number of rotatable bonds is 4. The number of fused-ring (bicyclic) bond motifs is 1. The number of pyridine rings is 1. The van der Waals surface area contributed by atoms with Gasteiger partial charge >= 0.3 is 0 Å². The number of nitrogens with one attached hydrogen (secondary N) is 1. The Morgan fingerprint density at radius 1 is 1.46 bits per heavy atom. The Morgan fingerprint density at radius 2 is 2.32 bits per heavy atom. The summed E-state index contributed by atoms with van der Waals surface area (Å²) in [6.07, 6.45) is 5.00. The maximum absolute atomic E-state index is 12.9. The van der Waals surface area contributed by atoms with Gasteiger partial charge in [0.15, 0.2) is 0 Å². The molecule has 1 N–H and O–H groups in total. The van der Waals surface area contributed by atoms with E-state index < -0.39 is 0 Å². The number of nitrogens with zero attached hydrogens (tertiary/aromatic N) is 4. The van der Waals surface area contributed by atoms with E-state index in [1.54, 1.807) is 6.07 Å².